The lowest BCUT2D eigenvalue weighted by Crippen LogP contribution is -2.25. The summed E-state index contributed by atoms with van der Waals surface area (Å²) in [6.07, 6.45) is 2.91. The van der Waals surface area contributed by atoms with Crippen LogP contribution in [0.1, 0.15) is 13.3 Å². The first kappa shape index (κ1) is 10.6. The topological polar surface area (TPSA) is 18.5 Å². The lowest BCUT2D eigenvalue weighted by atomic mass is 10.5. The van der Waals surface area contributed by atoms with E-state index in [2.05, 4.69) is 26.6 Å². The smallest absolute Gasteiger partial charge is 0.260 e. The monoisotopic (exact) mass is 174 g/mol. The van der Waals surface area contributed by atoms with E-state index in [9.17, 15) is 0 Å². The molecule has 0 fully saturated rings. The molecule has 0 rings (SSSR count). The Labute approximate surface area is 70.3 Å². The van der Waals surface area contributed by atoms with Gasteiger partial charge in [0, 0.05) is 0 Å². The highest BCUT2D eigenvalue weighted by Gasteiger charge is 2.17. The van der Waals surface area contributed by atoms with E-state index < -0.39 is 8.32 Å². The molecule has 0 aliphatic carbocycles. The van der Waals surface area contributed by atoms with Gasteiger partial charge in [-0.25, -0.2) is 0 Å². The number of ether oxygens (including phenoxy) is 1. The van der Waals surface area contributed by atoms with Gasteiger partial charge in [-0.05, 0) is 32.1 Å². The molecule has 0 aliphatic heterocycles. The fraction of sp³-hybridized carbons (Fsp3) is 0.750. The van der Waals surface area contributed by atoms with Crippen molar-refractivity contribution in [2.75, 3.05) is 7.11 Å². The molecule has 0 bridgehead atoms. The Morgan fingerprint density at radius 1 is 1.36 bits per heavy atom. The van der Waals surface area contributed by atoms with E-state index in [4.69, 9.17) is 9.16 Å². The molecule has 66 valence electrons. The van der Waals surface area contributed by atoms with Gasteiger partial charge in [-0.2, -0.15) is 0 Å². The molecule has 0 aromatic carbocycles. The van der Waals surface area contributed by atoms with Crippen molar-refractivity contribution in [3.8, 4) is 0 Å². The van der Waals surface area contributed by atoms with Crippen molar-refractivity contribution in [1.29, 1.82) is 0 Å². The molecule has 0 heterocycles. The number of methoxy groups -OCH3 is 1. The van der Waals surface area contributed by atoms with Crippen LogP contribution in [0.4, 0.5) is 0 Å². The van der Waals surface area contributed by atoms with Gasteiger partial charge in [-0.15, -0.1) is 0 Å². The summed E-state index contributed by atoms with van der Waals surface area (Å²) in [5, 5.41) is 0. The zero-order chi connectivity index (χ0) is 8.91. The summed E-state index contributed by atoms with van der Waals surface area (Å²) in [6, 6.07) is 0. The molecule has 0 aliphatic rings. The van der Waals surface area contributed by atoms with Crippen LogP contribution in [0.25, 0.3) is 0 Å². The Hall–Kier alpha value is -0.443. The van der Waals surface area contributed by atoms with E-state index in [1.807, 2.05) is 6.08 Å². The number of hydrogen-bond acceptors (Lipinski definition) is 2. The number of hydrogen-bond donors (Lipinski definition) is 0. The maximum absolute atomic E-state index is 5.61. The van der Waals surface area contributed by atoms with Gasteiger partial charge in [-0.1, -0.05) is 6.92 Å². The lowest BCUT2D eigenvalue weighted by Gasteiger charge is -2.20. The second-order valence-electron chi connectivity index (χ2n) is 3.35. The Balaban J connectivity index is 3.99. The van der Waals surface area contributed by atoms with Gasteiger partial charge in [-0.3, -0.25) is 0 Å². The quantitative estimate of drug-likeness (QED) is 0.482. The van der Waals surface area contributed by atoms with Crippen molar-refractivity contribution < 1.29 is 9.16 Å². The van der Waals surface area contributed by atoms with Crippen molar-refractivity contribution in [3.63, 3.8) is 0 Å². The Morgan fingerprint density at radius 3 is 2.18 bits per heavy atom. The van der Waals surface area contributed by atoms with Crippen molar-refractivity contribution >= 4 is 8.32 Å². The Kier molecular flexibility index (Phi) is 4.26. The van der Waals surface area contributed by atoms with Crippen LogP contribution in [0.5, 0.6) is 0 Å². The fourth-order valence-corrected chi connectivity index (χ4v) is 1.41. The summed E-state index contributed by atoms with van der Waals surface area (Å²) in [7, 11) is 0.169. The van der Waals surface area contributed by atoms with Gasteiger partial charge in [0.05, 0.1) is 7.11 Å². The van der Waals surface area contributed by atoms with E-state index >= 15 is 0 Å². The normalized spacial score (nSPS) is 13.0. The van der Waals surface area contributed by atoms with Gasteiger partial charge in [0.25, 0.3) is 5.95 Å². The summed E-state index contributed by atoms with van der Waals surface area (Å²) in [4.78, 5) is 0. The second-order valence-corrected chi connectivity index (χ2v) is 7.78. The summed E-state index contributed by atoms with van der Waals surface area (Å²) in [5.41, 5.74) is 0. The Bertz CT molecular complexity index is 136. The SMILES string of the molecule is CC/C=C(\OC)O[Si](C)(C)C. The Morgan fingerprint density at radius 2 is 1.91 bits per heavy atom. The first-order valence-corrected chi connectivity index (χ1v) is 7.33. The highest BCUT2D eigenvalue weighted by Crippen LogP contribution is 2.10. The molecule has 0 aromatic heterocycles. The van der Waals surface area contributed by atoms with E-state index in [0.29, 0.717) is 5.95 Å². The minimum absolute atomic E-state index is 0.673. The minimum Gasteiger partial charge on any atom is -0.520 e. The molecule has 0 aromatic rings. The fourth-order valence-electron chi connectivity index (χ4n) is 0.635. The molecule has 0 N–H and O–H groups in total. The highest BCUT2D eigenvalue weighted by molar-refractivity contribution is 6.69. The maximum Gasteiger partial charge on any atom is 0.260 e. The summed E-state index contributed by atoms with van der Waals surface area (Å²) in [6.45, 7) is 8.47. The molecule has 11 heavy (non-hydrogen) atoms. The average Bonchev–Trinajstić information content (AvgIpc) is 1.84. The van der Waals surface area contributed by atoms with Crippen LogP contribution in [0, 0.1) is 0 Å². The van der Waals surface area contributed by atoms with Crippen molar-refractivity contribution in [1.82, 2.24) is 0 Å². The van der Waals surface area contributed by atoms with Gasteiger partial charge in [0.15, 0.2) is 0 Å². The zero-order valence-corrected chi connectivity index (χ0v) is 9.10. The van der Waals surface area contributed by atoms with Crippen LogP contribution in [0.2, 0.25) is 19.6 Å². The van der Waals surface area contributed by atoms with Gasteiger partial charge in [0.1, 0.15) is 0 Å². The maximum atomic E-state index is 5.61. The van der Waals surface area contributed by atoms with E-state index in [-0.39, 0.29) is 0 Å². The average molecular weight is 174 g/mol. The van der Waals surface area contributed by atoms with Crippen molar-refractivity contribution in [3.05, 3.63) is 12.0 Å². The third-order valence-electron chi connectivity index (χ3n) is 0.979. The van der Waals surface area contributed by atoms with Gasteiger partial charge in [0.2, 0.25) is 8.32 Å². The molecular weight excluding hydrogens is 156 g/mol. The largest absolute Gasteiger partial charge is 0.520 e. The molecule has 3 heteroatoms. The lowest BCUT2D eigenvalue weighted by molar-refractivity contribution is 0.145. The van der Waals surface area contributed by atoms with Crippen molar-refractivity contribution in [2.24, 2.45) is 0 Å². The van der Waals surface area contributed by atoms with Crippen LogP contribution in [-0.2, 0) is 9.16 Å². The van der Waals surface area contributed by atoms with Crippen LogP contribution < -0.4 is 0 Å². The minimum atomic E-state index is -1.47. The third-order valence-corrected chi connectivity index (χ3v) is 1.79. The zero-order valence-electron chi connectivity index (χ0n) is 8.10. The van der Waals surface area contributed by atoms with Crippen LogP contribution in [-0.4, -0.2) is 15.4 Å². The van der Waals surface area contributed by atoms with Crippen molar-refractivity contribution in [2.45, 2.75) is 33.0 Å². The van der Waals surface area contributed by atoms with Gasteiger partial charge < -0.3 is 9.16 Å². The molecule has 0 saturated heterocycles. The summed E-state index contributed by atoms with van der Waals surface area (Å²) >= 11 is 0. The van der Waals surface area contributed by atoms with Crippen LogP contribution >= 0.6 is 0 Å². The van der Waals surface area contributed by atoms with Crippen LogP contribution in [0.15, 0.2) is 12.0 Å². The molecule has 0 unspecified atom stereocenters. The second kappa shape index (κ2) is 4.44. The standard InChI is InChI=1S/C8H18O2Si/c1-6-7-8(9-2)10-11(3,4)5/h7H,6H2,1-5H3/b8-7+. The van der Waals surface area contributed by atoms with Gasteiger partial charge >= 0.3 is 0 Å². The molecule has 0 radical (unpaired) electrons. The summed E-state index contributed by atoms with van der Waals surface area (Å²) < 4.78 is 10.6. The van der Waals surface area contributed by atoms with E-state index in [1.165, 1.54) is 0 Å². The van der Waals surface area contributed by atoms with E-state index in [1.54, 1.807) is 7.11 Å². The molecule has 0 amide bonds. The third kappa shape index (κ3) is 5.98. The molecule has 0 spiro atoms. The molecule has 0 saturated carbocycles. The predicted molar refractivity (Wildman–Crippen MR) is 49.8 cm³/mol. The first-order chi connectivity index (χ1) is 4.99. The predicted octanol–water partition coefficient (Wildman–Crippen LogP) is 2.74. The van der Waals surface area contributed by atoms with E-state index in [0.717, 1.165) is 6.42 Å². The number of rotatable bonds is 4. The van der Waals surface area contributed by atoms with Crippen LogP contribution in [0.3, 0.4) is 0 Å². The molecular formula is C8H18O2Si. The molecule has 0 atom stereocenters. The first-order valence-electron chi connectivity index (χ1n) is 3.92. The number of allylic oxidation sites excluding steroid dienone is 1. The summed E-state index contributed by atoms with van der Waals surface area (Å²) in [5.74, 6) is 0.673. The molecule has 2 nitrogen and oxygen atoms in total. The highest BCUT2D eigenvalue weighted by atomic mass is 28.4.